The summed E-state index contributed by atoms with van der Waals surface area (Å²) in [5.74, 6) is -3.50. The fourth-order valence-electron chi connectivity index (χ4n) is 1.89. The van der Waals surface area contributed by atoms with E-state index in [1.165, 1.54) is 24.3 Å². The van der Waals surface area contributed by atoms with Gasteiger partial charge in [-0.2, -0.15) is 0 Å². The molecule has 0 bridgehead atoms. The number of anilines is 1. The minimum Gasteiger partial charge on any atom is -0.508 e. The van der Waals surface area contributed by atoms with E-state index in [9.17, 15) is 23.1 Å². The van der Waals surface area contributed by atoms with E-state index in [0.29, 0.717) is 0 Å². The molecule has 0 spiro atoms. The van der Waals surface area contributed by atoms with E-state index >= 15 is 0 Å². The van der Waals surface area contributed by atoms with Crippen LogP contribution in [-0.4, -0.2) is 36.8 Å². The number of aliphatic carboxylic acids is 1. The largest absolute Gasteiger partial charge is 0.508 e. The molecule has 11 heteroatoms. The second-order valence-corrected chi connectivity index (χ2v) is 7.83. The van der Waals surface area contributed by atoms with E-state index in [0.717, 1.165) is 12.3 Å². The van der Waals surface area contributed by atoms with Crippen LogP contribution in [0, 0.1) is 0 Å². The zero-order chi connectivity index (χ0) is 19.6. The number of halogens is 2. The Hall–Kier alpha value is -2.49. The highest BCUT2D eigenvalue weighted by molar-refractivity contribution is 7.90. The highest BCUT2D eigenvalue weighted by atomic mass is 35.5. The molecule has 0 fully saturated rings. The van der Waals surface area contributed by atoms with E-state index < -0.39 is 21.7 Å². The highest BCUT2D eigenvalue weighted by Gasteiger charge is 2.20. The molecule has 2 aromatic carbocycles. The van der Waals surface area contributed by atoms with Gasteiger partial charge in [0.05, 0.1) is 10.0 Å². The monoisotopic (exact) mass is 419 g/mol. The van der Waals surface area contributed by atoms with Crippen molar-refractivity contribution in [2.24, 2.45) is 0 Å². The van der Waals surface area contributed by atoms with Gasteiger partial charge in [-0.15, -0.1) is 0 Å². The third-order valence-electron chi connectivity index (χ3n) is 2.99. The number of aromatic hydroxyl groups is 1. The van der Waals surface area contributed by atoms with Crippen molar-refractivity contribution in [2.75, 3.05) is 11.6 Å². The first kappa shape index (κ1) is 19.8. The van der Waals surface area contributed by atoms with E-state index in [1.807, 2.05) is 0 Å². The molecule has 2 rings (SSSR count). The fourth-order valence-corrected chi connectivity index (χ4v) is 3.27. The molecule has 0 aliphatic heterocycles. The van der Waals surface area contributed by atoms with Gasteiger partial charge in [0.2, 0.25) is 0 Å². The zero-order valence-electron chi connectivity index (χ0n) is 13.0. The Kier molecular flexibility index (Phi) is 5.65. The number of rotatable bonds is 4. The molecular weight excluding hydrogens is 409 g/mol. The van der Waals surface area contributed by atoms with Crippen LogP contribution in [0.15, 0.2) is 35.2 Å². The second-order valence-electron chi connectivity index (χ2n) is 5.03. The topological polar surface area (TPSA) is 130 Å². The molecule has 8 nitrogen and oxygen atoms in total. The number of ether oxygens (including phenoxy) is 1. The maximum Gasteiger partial charge on any atom is 0.394 e. The first-order chi connectivity index (χ1) is 12.0. The van der Waals surface area contributed by atoms with Gasteiger partial charge >= 0.3 is 11.9 Å². The number of nitrogens with one attached hydrogen (secondary N) is 1. The van der Waals surface area contributed by atoms with Crippen LogP contribution >= 0.6 is 23.2 Å². The molecular formula is C15H11Cl2NO7S. The summed E-state index contributed by atoms with van der Waals surface area (Å²) in [7, 11) is -3.73. The van der Waals surface area contributed by atoms with Gasteiger partial charge in [-0.3, -0.25) is 4.79 Å². The number of phenolic OH excluding ortho intramolecular Hbond substituents is 1. The van der Waals surface area contributed by atoms with E-state index in [-0.39, 0.29) is 37.9 Å². The third kappa shape index (κ3) is 4.57. The lowest BCUT2D eigenvalue weighted by molar-refractivity contribution is -0.147. The quantitative estimate of drug-likeness (QED) is 0.649. The van der Waals surface area contributed by atoms with Crippen LogP contribution in [0.25, 0.3) is 0 Å². The Morgan fingerprint density at radius 1 is 1.12 bits per heavy atom. The van der Waals surface area contributed by atoms with Crippen LogP contribution in [0.4, 0.5) is 5.69 Å². The van der Waals surface area contributed by atoms with Crippen molar-refractivity contribution < 1.29 is 33.0 Å². The number of carbonyl (C=O) groups excluding carboxylic acids is 1. The number of sulfone groups is 1. The summed E-state index contributed by atoms with van der Waals surface area (Å²) in [6.45, 7) is 0. The minimum absolute atomic E-state index is 0.00814. The van der Waals surface area contributed by atoms with Gasteiger partial charge in [0.1, 0.15) is 16.4 Å². The molecule has 0 heterocycles. The number of hydrogen-bond acceptors (Lipinski definition) is 6. The highest BCUT2D eigenvalue weighted by Crippen LogP contribution is 2.41. The fraction of sp³-hybridized carbons (Fsp3) is 0.0667. The Morgan fingerprint density at radius 3 is 2.19 bits per heavy atom. The number of phenols is 1. The van der Waals surface area contributed by atoms with Crippen LogP contribution in [0.1, 0.15) is 0 Å². The van der Waals surface area contributed by atoms with Gasteiger partial charge in [-0.1, -0.05) is 23.2 Å². The molecule has 0 saturated carbocycles. The molecule has 0 saturated heterocycles. The van der Waals surface area contributed by atoms with Crippen LogP contribution in [0.5, 0.6) is 17.2 Å². The van der Waals surface area contributed by atoms with Crippen LogP contribution < -0.4 is 10.1 Å². The lowest BCUT2D eigenvalue weighted by Crippen LogP contribution is -2.21. The van der Waals surface area contributed by atoms with Crippen molar-refractivity contribution >= 4 is 50.6 Å². The standard InChI is InChI=1S/C15H11Cl2NO7S/c1-26(23,24)12-6-8(19)2-3-11(12)25-13-9(16)4-7(5-10(13)17)18-14(20)15(21)22/h2-6,19H,1H3,(H,18,20)(H,21,22). The van der Waals surface area contributed by atoms with Crippen molar-refractivity contribution in [1.29, 1.82) is 0 Å². The summed E-state index contributed by atoms with van der Waals surface area (Å²) in [6, 6.07) is 5.81. The summed E-state index contributed by atoms with van der Waals surface area (Å²) in [5.41, 5.74) is 0.00814. The summed E-state index contributed by atoms with van der Waals surface area (Å²) in [6.07, 6.45) is 0.933. The van der Waals surface area contributed by atoms with Gasteiger partial charge in [0.25, 0.3) is 0 Å². The smallest absolute Gasteiger partial charge is 0.394 e. The maximum atomic E-state index is 11.8. The molecule has 2 aromatic rings. The van der Waals surface area contributed by atoms with Crippen LogP contribution in [0.3, 0.4) is 0 Å². The maximum absolute atomic E-state index is 11.8. The number of carbonyl (C=O) groups is 2. The Morgan fingerprint density at radius 2 is 1.69 bits per heavy atom. The Labute approximate surface area is 157 Å². The summed E-state index contributed by atoms with van der Waals surface area (Å²) < 4.78 is 29.2. The third-order valence-corrected chi connectivity index (χ3v) is 4.67. The minimum atomic E-state index is -3.73. The SMILES string of the molecule is CS(=O)(=O)c1cc(O)ccc1Oc1c(Cl)cc(NC(=O)C(=O)O)cc1Cl. The zero-order valence-corrected chi connectivity index (χ0v) is 15.3. The lowest BCUT2D eigenvalue weighted by atomic mass is 10.2. The molecule has 138 valence electrons. The van der Waals surface area contributed by atoms with Gasteiger partial charge in [0.15, 0.2) is 15.6 Å². The second kappa shape index (κ2) is 7.40. The molecule has 26 heavy (non-hydrogen) atoms. The predicted molar refractivity (Wildman–Crippen MR) is 94.0 cm³/mol. The molecule has 0 aliphatic rings. The molecule has 0 unspecified atom stereocenters. The van der Waals surface area contributed by atoms with E-state index in [2.05, 4.69) is 5.32 Å². The lowest BCUT2D eigenvalue weighted by Gasteiger charge is -2.14. The Balaban J connectivity index is 2.43. The molecule has 0 atom stereocenters. The normalized spacial score (nSPS) is 11.0. The van der Waals surface area contributed by atoms with E-state index in [4.69, 9.17) is 33.0 Å². The molecule has 1 amide bonds. The molecule has 3 N–H and O–H groups in total. The summed E-state index contributed by atoms with van der Waals surface area (Å²) >= 11 is 12.1. The number of carboxylic acids is 1. The van der Waals surface area contributed by atoms with Gasteiger partial charge in [-0.25, -0.2) is 13.2 Å². The van der Waals surface area contributed by atoms with Crippen LogP contribution in [-0.2, 0) is 19.4 Å². The summed E-state index contributed by atoms with van der Waals surface area (Å²) in [5, 5.41) is 19.9. The van der Waals surface area contributed by atoms with Crippen molar-refractivity contribution in [3.8, 4) is 17.2 Å². The van der Waals surface area contributed by atoms with Crippen molar-refractivity contribution in [1.82, 2.24) is 0 Å². The molecule has 0 aliphatic carbocycles. The number of carboxylic acid groups (broad SMARTS) is 1. The molecule has 0 radical (unpaired) electrons. The predicted octanol–water partition coefficient (Wildman–Crippen LogP) is 2.92. The van der Waals surface area contributed by atoms with Crippen LogP contribution in [0.2, 0.25) is 10.0 Å². The van der Waals surface area contributed by atoms with Crippen molar-refractivity contribution in [2.45, 2.75) is 4.90 Å². The first-order valence-electron chi connectivity index (χ1n) is 6.73. The van der Waals surface area contributed by atoms with Gasteiger partial charge < -0.3 is 20.3 Å². The van der Waals surface area contributed by atoms with Gasteiger partial charge in [0, 0.05) is 18.0 Å². The van der Waals surface area contributed by atoms with Crippen molar-refractivity contribution in [3.63, 3.8) is 0 Å². The Bertz CT molecular complexity index is 982. The van der Waals surface area contributed by atoms with Crippen molar-refractivity contribution in [3.05, 3.63) is 40.4 Å². The first-order valence-corrected chi connectivity index (χ1v) is 9.38. The number of benzene rings is 2. The number of hydrogen-bond donors (Lipinski definition) is 3. The average molecular weight is 420 g/mol. The molecule has 0 aromatic heterocycles. The average Bonchev–Trinajstić information content (AvgIpc) is 2.51. The number of amides is 1. The van der Waals surface area contributed by atoms with Gasteiger partial charge in [-0.05, 0) is 24.3 Å². The van der Waals surface area contributed by atoms with E-state index in [1.54, 1.807) is 0 Å². The summed E-state index contributed by atoms with van der Waals surface area (Å²) in [4.78, 5) is 21.5.